The van der Waals surface area contributed by atoms with E-state index in [4.69, 9.17) is 0 Å². The van der Waals surface area contributed by atoms with Gasteiger partial charge in [0.15, 0.2) is 0 Å². The number of carbonyl (C=O) groups is 1. The van der Waals surface area contributed by atoms with Gasteiger partial charge >= 0.3 is 0 Å². The number of imidazole rings is 1. The summed E-state index contributed by atoms with van der Waals surface area (Å²) in [6.07, 6.45) is 3.21. The zero-order chi connectivity index (χ0) is 15.8. The first-order chi connectivity index (χ1) is 11.2. The SMILES string of the molecule is Cc1nc2ccc(C(=O)N[C@@H]3CCCc4ccccc43)cc2[nH]1. The Morgan fingerprint density at radius 3 is 3.04 bits per heavy atom. The Labute approximate surface area is 134 Å². The van der Waals surface area contributed by atoms with Gasteiger partial charge in [-0.1, -0.05) is 24.3 Å². The molecular weight excluding hydrogens is 286 g/mol. The number of carbonyl (C=O) groups excluding carboxylic acids is 1. The topological polar surface area (TPSA) is 57.8 Å². The van der Waals surface area contributed by atoms with E-state index in [1.807, 2.05) is 31.2 Å². The number of benzene rings is 2. The van der Waals surface area contributed by atoms with Crippen molar-refractivity contribution in [1.82, 2.24) is 15.3 Å². The van der Waals surface area contributed by atoms with Gasteiger partial charge in [-0.05, 0) is 55.5 Å². The Kier molecular flexibility index (Phi) is 3.37. The molecular formula is C19H19N3O. The number of H-pyrrole nitrogens is 1. The quantitative estimate of drug-likeness (QED) is 0.759. The van der Waals surface area contributed by atoms with Crippen molar-refractivity contribution in [2.75, 3.05) is 0 Å². The van der Waals surface area contributed by atoms with E-state index in [0.29, 0.717) is 5.56 Å². The van der Waals surface area contributed by atoms with E-state index in [9.17, 15) is 4.79 Å². The number of rotatable bonds is 2. The number of aromatic nitrogens is 2. The summed E-state index contributed by atoms with van der Waals surface area (Å²) >= 11 is 0. The standard InChI is InChI=1S/C19H19N3O/c1-12-20-17-10-9-14(11-18(17)21-12)19(23)22-16-8-4-6-13-5-2-3-7-15(13)16/h2-3,5,7,9-11,16H,4,6,8H2,1H3,(H,20,21)(H,22,23)/t16-/m1/s1. The Bertz CT molecular complexity index is 881. The number of aryl methyl sites for hydroxylation is 2. The second-order valence-electron chi connectivity index (χ2n) is 6.17. The summed E-state index contributed by atoms with van der Waals surface area (Å²) < 4.78 is 0. The third kappa shape index (κ3) is 2.61. The molecule has 2 N–H and O–H groups in total. The van der Waals surface area contributed by atoms with E-state index < -0.39 is 0 Å². The molecule has 3 aromatic rings. The van der Waals surface area contributed by atoms with Crippen LogP contribution in [0.2, 0.25) is 0 Å². The van der Waals surface area contributed by atoms with Gasteiger partial charge in [-0.15, -0.1) is 0 Å². The van der Waals surface area contributed by atoms with Crippen LogP contribution in [-0.4, -0.2) is 15.9 Å². The van der Waals surface area contributed by atoms with E-state index in [0.717, 1.165) is 36.1 Å². The van der Waals surface area contributed by atoms with Crippen LogP contribution in [0.3, 0.4) is 0 Å². The minimum absolute atomic E-state index is 0.0270. The van der Waals surface area contributed by atoms with Crippen molar-refractivity contribution in [3.8, 4) is 0 Å². The molecule has 0 saturated carbocycles. The Morgan fingerprint density at radius 1 is 1.26 bits per heavy atom. The van der Waals surface area contributed by atoms with Crippen LogP contribution in [-0.2, 0) is 6.42 Å². The molecule has 0 spiro atoms. The number of fused-ring (bicyclic) bond motifs is 2. The molecule has 4 heteroatoms. The van der Waals surface area contributed by atoms with Crippen molar-refractivity contribution in [1.29, 1.82) is 0 Å². The fourth-order valence-electron chi connectivity index (χ4n) is 3.42. The van der Waals surface area contributed by atoms with Crippen molar-refractivity contribution in [2.45, 2.75) is 32.2 Å². The van der Waals surface area contributed by atoms with Gasteiger partial charge in [0.2, 0.25) is 0 Å². The fraction of sp³-hybridized carbons (Fsp3) is 0.263. The maximum Gasteiger partial charge on any atom is 0.251 e. The van der Waals surface area contributed by atoms with E-state index >= 15 is 0 Å². The summed E-state index contributed by atoms with van der Waals surface area (Å²) in [6.45, 7) is 1.92. The molecule has 1 amide bonds. The highest BCUT2D eigenvalue weighted by atomic mass is 16.1. The molecule has 0 aliphatic heterocycles. The summed E-state index contributed by atoms with van der Waals surface area (Å²) in [5.41, 5.74) is 5.07. The minimum Gasteiger partial charge on any atom is -0.345 e. The summed E-state index contributed by atoms with van der Waals surface area (Å²) in [6, 6.07) is 14.1. The average Bonchev–Trinajstić information content (AvgIpc) is 2.94. The van der Waals surface area contributed by atoms with Crippen LogP contribution in [0.25, 0.3) is 11.0 Å². The Balaban J connectivity index is 1.60. The highest BCUT2D eigenvalue weighted by Crippen LogP contribution is 2.29. The number of amides is 1. The van der Waals surface area contributed by atoms with Gasteiger partial charge in [0.1, 0.15) is 5.82 Å². The highest BCUT2D eigenvalue weighted by Gasteiger charge is 2.22. The zero-order valence-electron chi connectivity index (χ0n) is 13.1. The molecule has 0 bridgehead atoms. The number of nitrogens with one attached hydrogen (secondary N) is 2. The van der Waals surface area contributed by atoms with Crippen LogP contribution < -0.4 is 5.32 Å². The van der Waals surface area contributed by atoms with Gasteiger partial charge in [-0.3, -0.25) is 4.79 Å². The lowest BCUT2D eigenvalue weighted by molar-refractivity contribution is 0.0933. The van der Waals surface area contributed by atoms with Gasteiger partial charge < -0.3 is 10.3 Å². The predicted molar refractivity (Wildman–Crippen MR) is 90.4 cm³/mol. The predicted octanol–water partition coefficient (Wildman–Crippen LogP) is 3.68. The molecule has 2 aromatic carbocycles. The lowest BCUT2D eigenvalue weighted by atomic mass is 9.87. The van der Waals surface area contributed by atoms with Crippen LogP contribution >= 0.6 is 0 Å². The first-order valence-electron chi connectivity index (χ1n) is 8.06. The lowest BCUT2D eigenvalue weighted by Gasteiger charge is -2.26. The van der Waals surface area contributed by atoms with E-state index in [1.54, 1.807) is 0 Å². The molecule has 1 heterocycles. The molecule has 23 heavy (non-hydrogen) atoms. The average molecular weight is 305 g/mol. The maximum atomic E-state index is 12.6. The van der Waals surface area contributed by atoms with Crippen molar-refractivity contribution in [3.63, 3.8) is 0 Å². The molecule has 4 rings (SSSR count). The third-order valence-corrected chi connectivity index (χ3v) is 4.54. The molecule has 1 aliphatic carbocycles. The smallest absolute Gasteiger partial charge is 0.251 e. The fourth-order valence-corrected chi connectivity index (χ4v) is 3.42. The van der Waals surface area contributed by atoms with Gasteiger partial charge in [-0.25, -0.2) is 4.98 Å². The summed E-state index contributed by atoms with van der Waals surface area (Å²) in [7, 11) is 0. The lowest BCUT2D eigenvalue weighted by Crippen LogP contribution is -2.30. The maximum absolute atomic E-state index is 12.6. The summed E-state index contributed by atoms with van der Waals surface area (Å²) in [5, 5.41) is 3.19. The second kappa shape index (κ2) is 5.54. The minimum atomic E-state index is -0.0270. The molecule has 0 fully saturated rings. The number of nitrogens with zero attached hydrogens (tertiary/aromatic N) is 1. The second-order valence-corrected chi connectivity index (χ2v) is 6.17. The van der Waals surface area contributed by atoms with Crippen molar-refractivity contribution < 1.29 is 4.79 Å². The largest absolute Gasteiger partial charge is 0.345 e. The monoisotopic (exact) mass is 305 g/mol. The third-order valence-electron chi connectivity index (χ3n) is 4.54. The Morgan fingerprint density at radius 2 is 2.13 bits per heavy atom. The molecule has 1 aliphatic rings. The first kappa shape index (κ1) is 14.0. The van der Waals surface area contributed by atoms with Gasteiger partial charge in [0.25, 0.3) is 5.91 Å². The molecule has 116 valence electrons. The molecule has 0 unspecified atom stereocenters. The van der Waals surface area contributed by atoms with E-state index in [1.165, 1.54) is 11.1 Å². The van der Waals surface area contributed by atoms with Crippen LogP contribution in [0.5, 0.6) is 0 Å². The molecule has 1 aromatic heterocycles. The van der Waals surface area contributed by atoms with Crippen molar-refractivity contribution in [3.05, 3.63) is 65.0 Å². The normalized spacial score (nSPS) is 17.0. The summed E-state index contributed by atoms with van der Waals surface area (Å²) in [4.78, 5) is 20.2. The number of aromatic amines is 1. The van der Waals surface area contributed by atoms with Crippen molar-refractivity contribution in [2.24, 2.45) is 0 Å². The van der Waals surface area contributed by atoms with Crippen LogP contribution in [0, 0.1) is 6.92 Å². The molecule has 0 radical (unpaired) electrons. The van der Waals surface area contributed by atoms with Crippen LogP contribution in [0.4, 0.5) is 0 Å². The Hall–Kier alpha value is -2.62. The molecule has 0 saturated heterocycles. The summed E-state index contributed by atoms with van der Waals surface area (Å²) in [5.74, 6) is 0.833. The van der Waals surface area contributed by atoms with Gasteiger partial charge in [0, 0.05) is 5.56 Å². The van der Waals surface area contributed by atoms with Crippen LogP contribution in [0.15, 0.2) is 42.5 Å². The number of hydrogen-bond donors (Lipinski definition) is 2. The van der Waals surface area contributed by atoms with Gasteiger partial charge in [0.05, 0.1) is 17.1 Å². The highest BCUT2D eigenvalue weighted by molar-refractivity contribution is 5.97. The molecule has 1 atom stereocenters. The van der Waals surface area contributed by atoms with Crippen LogP contribution in [0.1, 0.15) is 46.2 Å². The van der Waals surface area contributed by atoms with E-state index in [-0.39, 0.29) is 11.9 Å². The number of hydrogen-bond acceptors (Lipinski definition) is 2. The zero-order valence-corrected chi connectivity index (χ0v) is 13.1. The van der Waals surface area contributed by atoms with Crippen molar-refractivity contribution >= 4 is 16.9 Å². The first-order valence-corrected chi connectivity index (χ1v) is 8.06. The van der Waals surface area contributed by atoms with Gasteiger partial charge in [-0.2, -0.15) is 0 Å². The van der Waals surface area contributed by atoms with E-state index in [2.05, 4.69) is 33.5 Å². The molecule has 4 nitrogen and oxygen atoms in total.